The largest absolute Gasteiger partial charge is 0.392 e. The highest BCUT2D eigenvalue weighted by atomic mass is 16.6. The number of ketones is 2. The summed E-state index contributed by atoms with van der Waals surface area (Å²) in [7, 11) is 0. The molecule has 0 aromatic heterocycles. The molecule has 0 spiro atoms. The maximum absolute atomic E-state index is 13.2. The van der Waals surface area contributed by atoms with E-state index in [4.69, 9.17) is 4.74 Å². The van der Waals surface area contributed by atoms with E-state index in [0.29, 0.717) is 24.8 Å². The quantitative estimate of drug-likeness (QED) is 0.515. The Hall–Kier alpha value is -1.04. The molecule has 4 rings (SSSR count). The first-order valence-electron chi connectivity index (χ1n) is 9.37. The van der Waals surface area contributed by atoms with Crippen molar-refractivity contribution >= 4 is 11.6 Å². The number of hydrogen-bond acceptors (Lipinski definition) is 5. The highest BCUT2D eigenvalue weighted by Gasteiger charge is 2.75. The lowest BCUT2D eigenvalue weighted by Gasteiger charge is -2.53. The van der Waals surface area contributed by atoms with Crippen LogP contribution in [0, 0.1) is 22.7 Å². The van der Waals surface area contributed by atoms with Crippen molar-refractivity contribution in [1.82, 2.24) is 0 Å². The Balaban J connectivity index is 1.79. The topological polar surface area (TPSA) is 87.1 Å². The highest BCUT2D eigenvalue weighted by Crippen LogP contribution is 2.61. The molecule has 2 N–H and O–H groups in total. The van der Waals surface area contributed by atoms with Crippen molar-refractivity contribution in [3.8, 4) is 0 Å². The van der Waals surface area contributed by atoms with Gasteiger partial charge in [0.2, 0.25) is 0 Å². The molecular weight excluding hydrogens is 320 g/mol. The lowest BCUT2D eigenvalue weighted by molar-refractivity contribution is -0.159. The Morgan fingerprint density at radius 2 is 1.80 bits per heavy atom. The molecule has 0 aromatic carbocycles. The second kappa shape index (κ2) is 5.02. The Bertz CT molecular complexity index is 667. The van der Waals surface area contributed by atoms with Crippen molar-refractivity contribution in [2.24, 2.45) is 22.7 Å². The van der Waals surface area contributed by atoms with Crippen molar-refractivity contribution in [3.63, 3.8) is 0 Å². The minimum absolute atomic E-state index is 0.0327. The number of Topliss-reactive ketones (excluding diaryl/α,β-unsaturated/α-hetero) is 2. The molecule has 0 radical (unpaired) electrons. The third kappa shape index (κ3) is 2.00. The standard InChI is InChI=1S/C20H28O5/c1-10-11-5-6-13(21)19(4)12(18(2,3)8-7-14(19)22)9-15(23)20(16(10)24)17(11)25-20/h11-12,14-15,17,22-23H,1,5-9H2,2-4H3/t11-,12+,14+,15+,17-,19+,20-/m0/s1. The van der Waals surface area contributed by atoms with Gasteiger partial charge in [-0.2, -0.15) is 0 Å². The SMILES string of the molecule is C=C1C(=O)[C@]23O[C@H]2[C@H]1CCC(=O)[C@]1(C)[C@H](O)CCC(C)(C)[C@H]1C[C@H]3O. The predicted molar refractivity (Wildman–Crippen MR) is 90.7 cm³/mol. The fourth-order valence-electron chi connectivity index (χ4n) is 6.01. The summed E-state index contributed by atoms with van der Waals surface area (Å²) < 4.78 is 5.74. The lowest BCUT2D eigenvalue weighted by Crippen LogP contribution is -2.56. The van der Waals surface area contributed by atoms with Crippen LogP contribution < -0.4 is 0 Å². The second-order valence-electron chi connectivity index (χ2n) is 9.38. The maximum Gasteiger partial charge on any atom is 0.195 e. The first kappa shape index (κ1) is 17.4. The molecule has 0 unspecified atom stereocenters. The van der Waals surface area contributed by atoms with Crippen LogP contribution >= 0.6 is 0 Å². The van der Waals surface area contributed by atoms with Crippen LogP contribution in [0.15, 0.2) is 12.2 Å². The average molecular weight is 348 g/mol. The molecule has 5 heteroatoms. The molecule has 0 amide bonds. The van der Waals surface area contributed by atoms with Crippen molar-refractivity contribution in [1.29, 1.82) is 0 Å². The number of rotatable bonds is 0. The van der Waals surface area contributed by atoms with Crippen LogP contribution in [0.1, 0.15) is 52.9 Å². The molecule has 1 aliphatic heterocycles. The van der Waals surface area contributed by atoms with E-state index in [1.807, 2.05) is 6.92 Å². The third-order valence-corrected chi connectivity index (χ3v) is 7.81. The molecular formula is C20H28O5. The minimum Gasteiger partial charge on any atom is -0.392 e. The monoisotopic (exact) mass is 348 g/mol. The van der Waals surface area contributed by atoms with Gasteiger partial charge >= 0.3 is 0 Å². The van der Waals surface area contributed by atoms with Crippen LogP contribution in [0.25, 0.3) is 0 Å². The van der Waals surface area contributed by atoms with E-state index in [0.717, 1.165) is 6.42 Å². The van der Waals surface area contributed by atoms with E-state index in [9.17, 15) is 19.8 Å². The van der Waals surface area contributed by atoms with Gasteiger partial charge in [-0.25, -0.2) is 0 Å². The summed E-state index contributed by atoms with van der Waals surface area (Å²) >= 11 is 0. The van der Waals surface area contributed by atoms with Crippen LogP contribution in [-0.4, -0.2) is 45.7 Å². The first-order valence-corrected chi connectivity index (χ1v) is 9.37. The minimum atomic E-state index is -1.15. The zero-order valence-electron chi connectivity index (χ0n) is 15.2. The van der Waals surface area contributed by atoms with E-state index in [1.165, 1.54) is 0 Å². The summed E-state index contributed by atoms with van der Waals surface area (Å²) in [6.07, 6.45) is 0.448. The number of carbonyl (C=O) groups is 2. The lowest BCUT2D eigenvalue weighted by atomic mass is 9.51. The van der Waals surface area contributed by atoms with Crippen molar-refractivity contribution < 1.29 is 24.5 Å². The molecule has 25 heavy (non-hydrogen) atoms. The van der Waals surface area contributed by atoms with Crippen LogP contribution in [0.4, 0.5) is 0 Å². The summed E-state index contributed by atoms with van der Waals surface area (Å²) in [5.74, 6) is -0.561. The van der Waals surface area contributed by atoms with E-state index >= 15 is 0 Å². The number of fused-ring (bicyclic) bond motifs is 1. The number of epoxide rings is 1. The van der Waals surface area contributed by atoms with Crippen molar-refractivity contribution in [3.05, 3.63) is 12.2 Å². The Kier molecular flexibility index (Phi) is 3.49. The Morgan fingerprint density at radius 3 is 2.48 bits per heavy atom. The Morgan fingerprint density at radius 1 is 1.12 bits per heavy atom. The van der Waals surface area contributed by atoms with E-state index in [2.05, 4.69) is 20.4 Å². The molecule has 3 saturated carbocycles. The summed E-state index contributed by atoms with van der Waals surface area (Å²) in [5, 5.41) is 21.7. The fraction of sp³-hybridized carbons (Fsp3) is 0.800. The Labute approximate surface area is 148 Å². The van der Waals surface area contributed by atoms with Gasteiger partial charge in [-0.05, 0) is 49.5 Å². The van der Waals surface area contributed by atoms with Gasteiger partial charge in [-0.3, -0.25) is 9.59 Å². The molecule has 1 saturated heterocycles. The van der Waals surface area contributed by atoms with Crippen LogP contribution in [0.3, 0.4) is 0 Å². The number of hydrogen-bond donors (Lipinski definition) is 2. The highest BCUT2D eigenvalue weighted by molar-refractivity contribution is 6.08. The summed E-state index contributed by atoms with van der Waals surface area (Å²) in [6.45, 7) is 9.94. The molecule has 2 bridgehead atoms. The van der Waals surface area contributed by atoms with Gasteiger partial charge in [0.15, 0.2) is 11.4 Å². The molecule has 4 aliphatic rings. The number of aliphatic hydroxyl groups excluding tert-OH is 2. The van der Waals surface area contributed by atoms with Gasteiger partial charge in [0.1, 0.15) is 11.9 Å². The van der Waals surface area contributed by atoms with Crippen LogP contribution in [-0.2, 0) is 14.3 Å². The van der Waals surface area contributed by atoms with Crippen molar-refractivity contribution in [2.45, 2.75) is 76.8 Å². The summed E-state index contributed by atoms with van der Waals surface area (Å²) in [5.41, 5.74) is -1.77. The van der Waals surface area contributed by atoms with Gasteiger partial charge in [0, 0.05) is 12.3 Å². The predicted octanol–water partition coefficient (Wildman–Crippen LogP) is 1.80. The first-order chi connectivity index (χ1) is 11.6. The normalized spacial score (nSPS) is 51.7. The molecule has 138 valence electrons. The second-order valence-corrected chi connectivity index (χ2v) is 9.38. The van der Waals surface area contributed by atoms with Crippen LogP contribution in [0.2, 0.25) is 0 Å². The van der Waals surface area contributed by atoms with Gasteiger partial charge in [0.25, 0.3) is 0 Å². The fourth-order valence-corrected chi connectivity index (χ4v) is 6.01. The van der Waals surface area contributed by atoms with Crippen molar-refractivity contribution in [2.75, 3.05) is 0 Å². The van der Waals surface area contributed by atoms with Gasteiger partial charge in [-0.1, -0.05) is 20.4 Å². The van der Waals surface area contributed by atoms with E-state index in [1.54, 1.807) is 0 Å². The molecule has 1 heterocycles. The molecule has 7 atom stereocenters. The molecule has 0 aromatic rings. The zero-order valence-corrected chi connectivity index (χ0v) is 15.2. The number of ether oxygens (including phenoxy) is 1. The molecule has 3 aliphatic carbocycles. The summed E-state index contributed by atoms with van der Waals surface area (Å²) in [6, 6.07) is 0. The number of aliphatic hydroxyl groups is 2. The van der Waals surface area contributed by atoms with Crippen LogP contribution in [0.5, 0.6) is 0 Å². The zero-order chi connectivity index (χ0) is 18.4. The third-order valence-electron chi connectivity index (χ3n) is 7.81. The van der Waals surface area contributed by atoms with Gasteiger partial charge in [-0.15, -0.1) is 0 Å². The average Bonchev–Trinajstić information content (AvgIpc) is 3.25. The summed E-state index contributed by atoms with van der Waals surface area (Å²) in [4.78, 5) is 25.9. The van der Waals surface area contributed by atoms with E-state index < -0.39 is 23.2 Å². The van der Waals surface area contributed by atoms with Gasteiger partial charge < -0.3 is 14.9 Å². The number of carbonyl (C=O) groups excluding carboxylic acids is 2. The molecule has 4 fully saturated rings. The smallest absolute Gasteiger partial charge is 0.195 e. The molecule has 5 nitrogen and oxygen atoms in total. The maximum atomic E-state index is 13.2. The van der Waals surface area contributed by atoms with Gasteiger partial charge in [0.05, 0.1) is 17.6 Å². The van der Waals surface area contributed by atoms with E-state index in [-0.39, 0.29) is 41.3 Å².